The first-order valence-electron chi connectivity index (χ1n) is 7.19. The van der Waals surface area contributed by atoms with Gasteiger partial charge in [0.25, 0.3) is 0 Å². The molecule has 0 bridgehead atoms. The van der Waals surface area contributed by atoms with Crippen LogP contribution in [-0.2, 0) is 9.59 Å². The zero-order valence-electron chi connectivity index (χ0n) is 12.7. The van der Waals surface area contributed by atoms with Crippen LogP contribution in [-0.4, -0.2) is 23.1 Å². The molecule has 0 saturated carbocycles. The van der Waals surface area contributed by atoms with Crippen LogP contribution in [0.2, 0.25) is 0 Å². The van der Waals surface area contributed by atoms with Crippen LogP contribution in [0.15, 0.2) is 58.1 Å². The molecule has 0 aliphatic heterocycles. The van der Waals surface area contributed by atoms with E-state index in [4.69, 9.17) is 0 Å². The molecule has 0 aromatic heterocycles. The third kappa shape index (κ3) is 6.21. The number of phenols is 1. The van der Waals surface area contributed by atoms with Crippen LogP contribution in [0.1, 0.15) is 18.4 Å². The quantitative estimate of drug-likeness (QED) is 0.523. The maximum Gasteiger partial charge on any atom is 0.240 e. The van der Waals surface area contributed by atoms with Crippen LogP contribution in [0.3, 0.4) is 0 Å². The molecule has 0 spiro atoms. The number of phenolic OH excluding ortho intramolecular Hbond substituents is 1. The van der Waals surface area contributed by atoms with Gasteiger partial charge in [-0.15, -0.1) is 0 Å². The zero-order chi connectivity index (χ0) is 17.4. The van der Waals surface area contributed by atoms with Crippen molar-refractivity contribution in [3.63, 3.8) is 0 Å². The minimum atomic E-state index is -0.364. The molecule has 2 rings (SSSR count). The summed E-state index contributed by atoms with van der Waals surface area (Å²) in [5, 5.41) is 15.8. The van der Waals surface area contributed by atoms with E-state index in [1.54, 1.807) is 30.3 Å². The van der Waals surface area contributed by atoms with Gasteiger partial charge in [-0.05, 0) is 42.0 Å². The molecule has 2 aromatic rings. The molecule has 0 saturated heterocycles. The zero-order valence-corrected chi connectivity index (χ0v) is 14.3. The van der Waals surface area contributed by atoms with Crippen molar-refractivity contribution in [3.8, 4) is 5.75 Å². The number of hydrogen-bond acceptors (Lipinski definition) is 4. The molecule has 2 amide bonds. The molecule has 0 radical (unpaired) electrons. The minimum absolute atomic E-state index is 0.0275. The minimum Gasteiger partial charge on any atom is -0.508 e. The molecule has 24 heavy (non-hydrogen) atoms. The van der Waals surface area contributed by atoms with Crippen molar-refractivity contribution < 1.29 is 14.7 Å². The second kappa shape index (κ2) is 8.83. The molecule has 0 heterocycles. The number of amides is 2. The molecule has 2 aromatic carbocycles. The van der Waals surface area contributed by atoms with Gasteiger partial charge in [0, 0.05) is 23.0 Å². The number of rotatable bonds is 6. The van der Waals surface area contributed by atoms with Gasteiger partial charge in [0.15, 0.2) is 0 Å². The van der Waals surface area contributed by atoms with E-state index in [1.165, 1.54) is 12.3 Å². The van der Waals surface area contributed by atoms with Crippen molar-refractivity contribution in [2.45, 2.75) is 12.8 Å². The van der Waals surface area contributed by atoms with Gasteiger partial charge in [0.1, 0.15) is 5.75 Å². The molecule has 0 aliphatic rings. The average Bonchev–Trinajstić information content (AvgIpc) is 2.55. The number of nitrogens with one attached hydrogen (secondary N) is 2. The third-order valence-electron chi connectivity index (χ3n) is 2.98. The van der Waals surface area contributed by atoms with Crippen LogP contribution in [0.5, 0.6) is 5.75 Å². The topological polar surface area (TPSA) is 90.8 Å². The average molecular weight is 390 g/mol. The number of aromatic hydroxyl groups is 1. The number of carbonyl (C=O) groups is 2. The van der Waals surface area contributed by atoms with Crippen molar-refractivity contribution in [1.82, 2.24) is 5.43 Å². The second-order valence-electron chi connectivity index (χ2n) is 4.94. The highest BCUT2D eigenvalue weighted by molar-refractivity contribution is 9.10. The first-order valence-corrected chi connectivity index (χ1v) is 7.98. The molecule has 7 heteroatoms. The number of nitrogens with zero attached hydrogens (tertiary/aromatic N) is 1. The Morgan fingerprint density at radius 2 is 1.79 bits per heavy atom. The summed E-state index contributed by atoms with van der Waals surface area (Å²) >= 11 is 3.31. The molecule has 6 nitrogen and oxygen atoms in total. The third-order valence-corrected chi connectivity index (χ3v) is 3.51. The largest absolute Gasteiger partial charge is 0.508 e. The Labute approximate surface area is 147 Å². The predicted molar refractivity (Wildman–Crippen MR) is 95.8 cm³/mol. The van der Waals surface area contributed by atoms with Gasteiger partial charge in [-0.1, -0.05) is 28.1 Å². The fourth-order valence-electron chi connectivity index (χ4n) is 1.82. The predicted octanol–water partition coefficient (Wildman–Crippen LogP) is 3.02. The Balaban J connectivity index is 1.72. The van der Waals surface area contributed by atoms with E-state index in [0.29, 0.717) is 11.3 Å². The van der Waals surface area contributed by atoms with Gasteiger partial charge >= 0.3 is 0 Å². The lowest BCUT2D eigenvalue weighted by molar-refractivity contribution is -0.124. The van der Waals surface area contributed by atoms with Crippen molar-refractivity contribution in [3.05, 3.63) is 58.6 Å². The Morgan fingerprint density at radius 3 is 2.50 bits per heavy atom. The van der Waals surface area contributed by atoms with Gasteiger partial charge in [0.05, 0.1) is 6.21 Å². The Hall–Kier alpha value is -2.67. The lowest BCUT2D eigenvalue weighted by Crippen LogP contribution is -2.20. The summed E-state index contributed by atoms with van der Waals surface area (Å²) in [5.74, 6) is -0.489. The van der Waals surface area contributed by atoms with Crippen molar-refractivity contribution >= 4 is 39.6 Å². The smallest absolute Gasteiger partial charge is 0.240 e. The SMILES string of the molecule is O=C(CCC(=O)Nc1ccc(Br)cc1)N/N=C/c1cccc(O)c1. The second-order valence-corrected chi connectivity index (χ2v) is 5.86. The highest BCUT2D eigenvalue weighted by Gasteiger charge is 2.06. The number of benzene rings is 2. The van der Waals surface area contributed by atoms with Gasteiger partial charge in [0.2, 0.25) is 11.8 Å². The summed E-state index contributed by atoms with van der Waals surface area (Å²) in [4.78, 5) is 23.4. The normalized spacial score (nSPS) is 10.5. The van der Waals surface area contributed by atoms with Gasteiger partial charge in [-0.2, -0.15) is 5.10 Å². The summed E-state index contributed by atoms with van der Waals surface area (Å²) in [6, 6.07) is 13.6. The van der Waals surface area contributed by atoms with E-state index >= 15 is 0 Å². The Morgan fingerprint density at radius 1 is 1.08 bits per heavy atom. The van der Waals surface area contributed by atoms with Gasteiger partial charge < -0.3 is 10.4 Å². The first kappa shape index (κ1) is 17.7. The van der Waals surface area contributed by atoms with Crippen LogP contribution in [0, 0.1) is 0 Å². The number of carbonyl (C=O) groups excluding carboxylic acids is 2. The maximum atomic E-state index is 11.8. The van der Waals surface area contributed by atoms with Crippen molar-refractivity contribution in [1.29, 1.82) is 0 Å². The number of hydrogen-bond donors (Lipinski definition) is 3. The molecule has 0 aliphatic carbocycles. The Kier molecular flexibility index (Phi) is 6.51. The Bertz CT molecular complexity index is 745. The lowest BCUT2D eigenvalue weighted by Gasteiger charge is -2.04. The number of hydrazone groups is 1. The van der Waals surface area contributed by atoms with Crippen molar-refractivity contribution in [2.24, 2.45) is 5.10 Å². The van der Waals surface area contributed by atoms with Gasteiger partial charge in [-0.3, -0.25) is 9.59 Å². The molecule has 3 N–H and O–H groups in total. The summed E-state index contributed by atoms with van der Waals surface area (Å²) in [7, 11) is 0. The maximum absolute atomic E-state index is 11.8. The highest BCUT2D eigenvalue weighted by atomic mass is 79.9. The van der Waals surface area contributed by atoms with Crippen LogP contribution >= 0.6 is 15.9 Å². The van der Waals surface area contributed by atoms with Crippen molar-refractivity contribution in [2.75, 3.05) is 5.32 Å². The summed E-state index contributed by atoms with van der Waals surface area (Å²) < 4.78 is 0.921. The molecule has 0 unspecified atom stereocenters. The highest BCUT2D eigenvalue weighted by Crippen LogP contribution is 2.14. The van der Waals surface area contributed by atoms with Crippen LogP contribution < -0.4 is 10.7 Å². The molecule has 124 valence electrons. The monoisotopic (exact) mass is 389 g/mol. The number of halogens is 1. The fourth-order valence-corrected chi connectivity index (χ4v) is 2.09. The molecular formula is C17H16BrN3O3. The van der Waals surface area contributed by atoms with E-state index in [1.807, 2.05) is 12.1 Å². The lowest BCUT2D eigenvalue weighted by atomic mass is 10.2. The summed E-state index contributed by atoms with van der Waals surface area (Å²) in [5.41, 5.74) is 3.67. The number of anilines is 1. The molecular weight excluding hydrogens is 374 g/mol. The van der Waals surface area contributed by atoms with Gasteiger partial charge in [-0.25, -0.2) is 5.43 Å². The standard InChI is InChI=1S/C17H16BrN3O3/c18-13-4-6-14(7-5-13)20-16(23)8-9-17(24)21-19-11-12-2-1-3-15(22)10-12/h1-7,10-11,22H,8-9H2,(H,20,23)(H,21,24)/b19-11+. The summed E-state index contributed by atoms with van der Waals surface area (Å²) in [6.07, 6.45) is 1.50. The first-order chi connectivity index (χ1) is 11.5. The van der Waals surface area contributed by atoms with E-state index in [9.17, 15) is 14.7 Å². The van der Waals surface area contributed by atoms with E-state index in [-0.39, 0.29) is 30.4 Å². The molecule has 0 fully saturated rings. The fraction of sp³-hybridized carbons (Fsp3) is 0.118. The summed E-state index contributed by atoms with van der Waals surface area (Å²) in [6.45, 7) is 0. The van der Waals surface area contributed by atoms with Crippen LogP contribution in [0.4, 0.5) is 5.69 Å². The molecule has 0 atom stereocenters. The van der Waals surface area contributed by atoms with E-state index in [0.717, 1.165) is 4.47 Å². The van der Waals surface area contributed by atoms with Crippen LogP contribution in [0.25, 0.3) is 0 Å². The van der Waals surface area contributed by atoms with E-state index < -0.39 is 0 Å². The van der Waals surface area contributed by atoms with E-state index in [2.05, 4.69) is 31.8 Å².